The van der Waals surface area contributed by atoms with E-state index >= 15 is 0 Å². The summed E-state index contributed by atoms with van der Waals surface area (Å²) in [6, 6.07) is 10.8. The van der Waals surface area contributed by atoms with E-state index in [1.807, 2.05) is 12.4 Å². The number of aromatic amines is 1. The lowest BCUT2D eigenvalue weighted by Crippen LogP contribution is -1.86. The highest BCUT2D eigenvalue weighted by atomic mass is 14.6. The molecule has 1 nitrogen and oxygen atoms in total. The van der Waals surface area contributed by atoms with E-state index in [4.69, 9.17) is 0 Å². The van der Waals surface area contributed by atoms with Gasteiger partial charge in [-0.2, -0.15) is 0 Å². The summed E-state index contributed by atoms with van der Waals surface area (Å²) in [6.07, 6.45) is 3.98. The zero-order valence-electron chi connectivity index (χ0n) is 8.62. The molecule has 0 saturated heterocycles. The molecule has 1 heteroatoms. The van der Waals surface area contributed by atoms with Gasteiger partial charge in [0.15, 0.2) is 0 Å². The van der Waals surface area contributed by atoms with Gasteiger partial charge in [-0.3, -0.25) is 0 Å². The van der Waals surface area contributed by atoms with Crippen molar-refractivity contribution in [1.29, 1.82) is 0 Å². The van der Waals surface area contributed by atoms with Crippen LogP contribution in [-0.2, 0) is 0 Å². The smallest absolute Gasteiger partial charge is 0.00841 e. The topological polar surface area (TPSA) is 15.8 Å². The SMILES string of the molecule is CC(C)c1cccc(-c2cc[nH]c2)c1. The molecule has 0 spiro atoms. The average molecular weight is 185 g/mol. The van der Waals surface area contributed by atoms with Crippen molar-refractivity contribution in [3.63, 3.8) is 0 Å². The van der Waals surface area contributed by atoms with Crippen LogP contribution in [-0.4, -0.2) is 4.98 Å². The largest absolute Gasteiger partial charge is 0.367 e. The molecule has 1 heterocycles. The third kappa shape index (κ3) is 1.72. The fraction of sp³-hybridized carbons (Fsp3) is 0.231. The molecular formula is C13H15N. The van der Waals surface area contributed by atoms with Crippen LogP contribution in [0.25, 0.3) is 11.1 Å². The Morgan fingerprint density at radius 3 is 2.57 bits per heavy atom. The maximum atomic E-state index is 3.08. The summed E-state index contributed by atoms with van der Waals surface area (Å²) in [5, 5.41) is 0. The fourth-order valence-electron chi connectivity index (χ4n) is 1.58. The first-order valence-corrected chi connectivity index (χ1v) is 5.00. The molecule has 2 rings (SSSR count). The number of rotatable bonds is 2. The van der Waals surface area contributed by atoms with Gasteiger partial charge in [-0.25, -0.2) is 0 Å². The lowest BCUT2D eigenvalue weighted by molar-refractivity contribution is 0.867. The highest BCUT2D eigenvalue weighted by molar-refractivity contribution is 5.63. The van der Waals surface area contributed by atoms with Crippen molar-refractivity contribution in [1.82, 2.24) is 4.98 Å². The molecule has 0 aliphatic carbocycles. The third-order valence-corrected chi connectivity index (χ3v) is 2.48. The van der Waals surface area contributed by atoms with E-state index in [0.717, 1.165) is 0 Å². The van der Waals surface area contributed by atoms with Gasteiger partial charge in [-0.05, 0) is 28.7 Å². The van der Waals surface area contributed by atoms with Gasteiger partial charge in [0.05, 0.1) is 0 Å². The van der Waals surface area contributed by atoms with Gasteiger partial charge in [0.1, 0.15) is 0 Å². The number of aromatic nitrogens is 1. The molecule has 1 aromatic carbocycles. The second kappa shape index (κ2) is 3.70. The Bertz CT molecular complexity index is 399. The summed E-state index contributed by atoms with van der Waals surface area (Å²) in [5.74, 6) is 0.592. The van der Waals surface area contributed by atoms with E-state index in [1.54, 1.807) is 0 Å². The van der Waals surface area contributed by atoms with Crippen molar-refractivity contribution in [3.05, 3.63) is 48.3 Å². The van der Waals surface area contributed by atoms with Gasteiger partial charge >= 0.3 is 0 Å². The van der Waals surface area contributed by atoms with Gasteiger partial charge < -0.3 is 4.98 Å². The second-order valence-electron chi connectivity index (χ2n) is 3.88. The molecule has 0 radical (unpaired) electrons. The zero-order valence-corrected chi connectivity index (χ0v) is 8.62. The Morgan fingerprint density at radius 2 is 1.93 bits per heavy atom. The summed E-state index contributed by atoms with van der Waals surface area (Å²) in [6.45, 7) is 4.44. The quantitative estimate of drug-likeness (QED) is 0.732. The molecule has 0 fully saturated rings. The molecule has 0 atom stereocenters. The lowest BCUT2D eigenvalue weighted by atomic mass is 9.99. The summed E-state index contributed by atoms with van der Waals surface area (Å²) in [7, 11) is 0. The number of benzene rings is 1. The molecule has 72 valence electrons. The van der Waals surface area contributed by atoms with E-state index in [9.17, 15) is 0 Å². The predicted molar refractivity (Wildman–Crippen MR) is 60.3 cm³/mol. The Hall–Kier alpha value is -1.50. The number of nitrogens with one attached hydrogen (secondary N) is 1. The Morgan fingerprint density at radius 1 is 1.07 bits per heavy atom. The van der Waals surface area contributed by atoms with Crippen molar-refractivity contribution in [2.24, 2.45) is 0 Å². The van der Waals surface area contributed by atoms with E-state index < -0.39 is 0 Å². The molecule has 2 aromatic rings. The predicted octanol–water partition coefficient (Wildman–Crippen LogP) is 3.81. The normalized spacial score (nSPS) is 10.8. The van der Waals surface area contributed by atoms with Crippen LogP contribution in [0.1, 0.15) is 25.3 Å². The van der Waals surface area contributed by atoms with Crippen molar-refractivity contribution in [2.75, 3.05) is 0 Å². The standard InChI is InChI=1S/C13H15N/c1-10(2)11-4-3-5-12(8-11)13-6-7-14-9-13/h3-10,14H,1-2H3. The van der Waals surface area contributed by atoms with Crippen LogP contribution in [0, 0.1) is 0 Å². The van der Waals surface area contributed by atoms with Crippen molar-refractivity contribution >= 4 is 0 Å². The van der Waals surface area contributed by atoms with Crippen LogP contribution < -0.4 is 0 Å². The minimum Gasteiger partial charge on any atom is -0.367 e. The molecule has 0 aliphatic rings. The zero-order chi connectivity index (χ0) is 9.97. The van der Waals surface area contributed by atoms with E-state index in [2.05, 4.69) is 49.2 Å². The Labute approximate surface area is 84.8 Å². The van der Waals surface area contributed by atoms with Crippen molar-refractivity contribution < 1.29 is 0 Å². The Balaban J connectivity index is 2.41. The summed E-state index contributed by atoms with van der Waals surface area (Å²) in [5.41, 5.74) is 3.94. The number of hydrogen-bond donors (Lipinski definition) is 1. The van der Waals surface area contributed by atoms with Crippen LogP contribution in [0.3, 0.4) is 0 Å². The molecular weight excluding hydrogens is 170 g/mol. The summed E-state index contributed by atoms with van der Waals surface area (Å²) >= 11 is 0. The molecule has 0 saturated carbocycles. The van der Waals surface area contributed by atoms with E-state index in [-0.39, 0.29) is 0 Å². The van der Waals surface area contributed by atoms with Crippen LogP contribution in [0.4, 0.5) is 0 Å². The van der Waals surface area contributed by atoms with E-state index in [0.29, 0.717) is 5.92 Å². The highest BCUT2D eigenvalue weighted by Crippen LogP contribution is 2.23. The van der Waals surface area contributed by atoms with Crippen LogP contribution in [0.5, 0.6) is 0 Å². The average Bonchev–Trinajstić information content (AvgIpc) is 2.71. The Kier molecular flexibility index (Phi) is 2.40. The fourth-order valence-corrected chi connectivity index (χ4v) is 1.58. The third-order valence-electron chi connectivity index (χ3n) is 2.48. The maximum absolute atomic E-state index is 3.08. The van der Waals surface area contributed by atoms with E-state index in [1.165, 1.54) is 16.7 Å². The first-order valence-electron chi connectivity index (χ1n) is 5.00. The molecule has 0 amide bonds. The molecule has 0 bridgehead atoms. The number of H-pyrrole nitrogens is 1. The van der Waals surface area contributed by atoms with Gasteiger partial charge in [0, 0.05) is 12.4 Å². The first-order chi connectivity index (χ1) is 6.77. The van der Waals surface area contributed by atoms with Crippen molar-refractivity contribution in [2.45, 2.75) is 19.8 Å². The lowest BCUT2D eigenvalue weighted by Gasteiger charge is -2.06. The molecule has 1 N–H and O–H groups in total. The molecule has 14 heavy (non-hydrogen) atoms. The van der Waals surface area contributed by atoms with Crippen molar-refractivity contribution in [3.8, 4) is 11.1 Å². The van der Waals surface area contributed by atoms with Gasteiger partial charge in [0.2, 0.25) is 0 Å². The minimum absolute atomic E-state index is 0.592. The minimum atomic E-state index is 0.592. The maximum Gasteiger partial charge on any atom is 0.00841 e. The van der Waals surface area contributed by atoms with Crippen LogP contribution in [0.2, 0.25) is 0 Å². The van der Waals surface area contributed by atoms with Gasteiger partial charge in [-0.15, -0.1) is 0 Å². The molecule has 0 aliphatic heterocycles. The first kappa shape index (κ1) is 9.07. The summed E-state index contributed by atoms with van der Waals surface area (Å²) in [4.78, 5) is 3.08. The van der Waals surface area contributed by atoms with Gasteiger partial charge in [-0.1, -0.05) is 38.1 Å². The monoisotopic (exact) mass is 185 g/mol. The van der Waals surface area contributed by atoms with Crippen LogP contribution in [0.15, 0.2) is 42.7 Å². The molecule has 0 unspecified atom stereocenters. The molecule has 1 aromatic heterocycles. The second-order valence-corrected chi connectivity index (χ2v) is 3.88. The van der Waals surface area contributed by atoms with Crippen LogP contribution >= 0.6 is 0 Å². The highest BCUT2D eigenvalue weighted by Gasteiger charge is 2.01. The van der Waals surface area contributed by atoms with Gasteiger partial charge in [0.25, 0.3) is 0 Å². The number of hydrogen-bond acceptors (Lipinski definition) is 0. The summed E-state index contributed by atoms with van der Waals surface area (Å²) < 4.78 is 0.